The molecule has 3 nitrogen and oxygen atoms in total. The Balaban J connectivity index is 2.11. The third-order valence-electron chi connectivity index (χ3n) is 4.56. The predicted octanol–water partition coefficient (Wildman–Crippen LogP) is 3.77. The van der Waals surface area contributed by atoms with Gasteiger partial charge in [0.25, 0.3) is 0 Å². The van der Waals surface area contributed by atoms with Crippen molar-refractivity contribution in [2.45, 2.75) is 31.8 Å². The molecule has 0 saturated carbocycles. The van der Waals surface area contributed by atoms with Gasteiger partial charge in [-0.2, -0.15) is 0 Å². The third kappa shape index (κ3) is 3.13. The van der Waals surface area contributed by atoms with Gasteiger partial charge in [-0.1, -0.05) is 36.4 Å². The molecule has 120 valence electrons. The van der Waals surface area contributed by atoms with Crippen molar-refractivity contribution >= 4 is 5.97 Å². The largest absolute Gasteiger partial charge is 0.480 e. The van der Waals surface area contributed by atoms with E-state index in [1.165, 1.54) is 12.1 Å². The van der Waals surface area contributed by atoms with E-state index in [2.05, 4.69) is 0 Å². The summed E-state index contributed by atoms with van der Waals surface area (Å²) >= 11 is 0. The Morgan fingerprint density at radius 3 is 2.74 bits per heavy atom. The zero-order valence-corrected chi connectivity index (χ0v) is 13.1. The Labute approximate surface area is 135 Å². The van der Waals surface area contributed by atoms with Crippen LogP contribution in [0, 0.1) is 12.7 Å². The summed E-state index contributed by atoms with van der Waals surface area (Å²) in [4.78, 5) is 13.6. The standard InChI is InChI=1S/C19H20FNO2/c1-13-6-2-3-9-16(13)18(14-7-4-8-15(20)12-14)21-11-5-10-17(21)19(22)23/h2-4,6-9,12,17-18H,5,10-11H2,1H3,(H,22,23). The van der Waals surface area contributed by atoms with Crippen molar-refractivity contribution in [2.24, 2.45) is 0 Å². The van der Waals surface area contributed by atoms with Crippen LogP contribution in [0.5, 0.6) is 0 Å². The van der Waals surface area contributed by atoms with E-state index in [-0.39, 0.29) is 11.9 Å². The van der Waals surface area contributed by atoms with Crippen LogP contribution in [0.4, 0.5) is 4.39 Å². The molecule has 1 saturated heterocycles. The number of aliphatic carboxylic acids is 1. The number of carboxylic acids is 1. The molecule has 2 aromatic carbocycles. The van der Waals surface area contributed by atoms with E-state index >= 15 is 0 Å². The highest BCUT2D eigenvalue weighted by molar-refractivity contribution is 5.74. The Morgan fingerprint density at radius 2 is 2.04 bits per heavy atom. The van der Waals surface area contributed by atoms with Crippen molar-refractivity contribution in [1.29, 1.82) is 0 Å². The van der Waals surface area contributed by atoms with Crippen LogP contribution in [0.3, 0.4) is 0 Å². The maximum absolute atomic E-state index is 13.8. The van der Waals surface area contributed by atoms with Crippen molar-refractivity contribution in [2.75, 3.05) is 6.54 Å². The number of carbonyl (C=O) groups is 1. The summed E-state index contributed by atoms with van der Waals surface area (Å²) in [5.74, 6) is -1.11. The molecule has 2 unspecified atom stereocenters. The Kier molecular flexibility index (Phi) is 4.44. The molecule has 4 heteroatoms. The van der Waals surface area contributed by atoms with Gasteiger partial charge >= 0.3 is 5.97 Å². The predicted molar refractivity (Wildman–Crippen MR) is 86.8 cm³/mol. The molecule has 0 bridgehead atoms. The van der Waals surface area contributed by atoms with Crippen LogP contribution in [0.1, 0.15) is 35.6 Å². The second kappa shape index (κ2) is 6.50. The smallest absolute Gasteiger partial charge is 0.320 e. The van der Waals surface area contributed by atoms with Gasteiger partial charge in [0, 0.05) is 6.54 Å². The molecule has 0 aromatic heterocycles. The molecule has 1 aliphatic rings. The molecule has 0 spiro atoms. The quantitative estimate of drug-likeness (QED) is 0.934. The lowest BCUT2D eigenvalue weighted by Gasteiger charge is -2.33. The van der Waals surface area contributed by atoms with Crippen LogP contribution < -0.4 is 0 Å². The first-order chi connectivity index (χ1) is 11.1. The van der Waals surface area contributed by atoms with Gasteiger partial charge in [-0.05, 0) is 48.6 Å². The molecule has 1 aliphatic heterocycles. The van der Waals surface area contributed by atoms with Gasteiger partial charge in [-0.3, -0.25) is 9.69 Å². The van der Waals surface area contributed by atoms with Crippen LogP contribution in [0.25, 0.3) is 0 Å². The van der Waals surface area contributed by atoms with Gasteiger partial charge in [0.15, 0.2) is 0 Å². The van der Waals surface area contributed by atoms with Crippen LogP contribution in [0.2, 0.25) is 0 Å². The lowest BCUT2D eigenvalue weighted by atomic mass is 9.93. The lowest BCUT2D eigenvalue weighted by Crippen LogP contribution is -2.39. The van der Waals surface area contributed by atoms with Gasteiger partial charge in [0.2, 0.25) is 0 Å². The second-order valence-electron chi connectivity index (χ2n) is 6.05. The van der Waals surface area contributed by atoms with Crippen LogP contribution in [-0.4, -0.2) is 28.6 Å². The topological polar surface area (TPSA) is 40.5 Å². The number of aryl methyl sites for hydroxylation is 1. The molecule has 0 amide bonds. The van der Waals surface area contributed by atoms with Crippen molar-refractivity contribution in [1.82, 2.24) is 4.90 Å². The van der Waals surface area contributed by atoms with Gasteiger partial charge in [0.1, 0.15) is 11.9 Å². The fourth-order valence-electron chi connectivity index (χ4n) is 3.48. The summed E-state index contributed by atoms with van der Waals surface area (Å²) in [6.45, 7) is 2.71. The van der Waals surface area contributed by atoms with Crippen molar-refractivity contribution in [3.05, 3.63) is 71.0 Å². The number of nitrogens with zero attached hydrogens (tertiary/aromatic N) is 1. The summed E-state index contributed by atoms with van der Waals surface area (Å²) in [7, 11) is 0. The van der Waals surface area contributed by atoms with Crippen LogP contribution >= 0.6 is 0 Å². The highest BCUT2D eigenvalue weighted by Crippen LogP contribution is 2.36. The molecule has 0 aliphatic carbocycles. The summed E-state index contributed by atoms with van der Waals surface area (Å²) in [5, 5.41) is 9.53. The van der Waals surface area contributed by atoms with Crippen molar-refractivity contribution in [3.63, 3.8) is 0 Å². The first-order valence-corrected chi connectivity index (χ1v) is 7.87. The van der Waals surface area contributed by atoms with Gasteiger partial charge in [-0.25, -0.2) is 4.39 Å². The summed E-state index contributed by atoms with van der Waals surface area (Å²) in [5.41, 5.74) is 2.91. The fraction of sp³-hybridized carbons (Fsp3) is 0.316. The Morgan fingerprint density at radius 1 is 1.26 bits per heavy atom. The number of carboxylic acid groups (broad SMARTS) is 1. The molecule has 23 heavy (non-hydrogen) atoms. The normalized spacial score (nSPS) is 19.7. The summed E-state index contributed by atoms with van der Waals surface area (Å²) < 4.78 is 13.8. The first kappa shape index (κ1) is 15.7. The number of halogens is 1. The highest BCUT2D eigenvalue weighted by atomic mass is 19.1. The van der Waals surface area contributed by atoms with E-state index in [4.69, 9.17) is 0 Å². The molecule has 2 atom stereocenters. The van der Waals surface area contributed by atoms with E-state index in [0.29, 0.717) is 13.0 Å². The van der Waals surface area contributed by atoms with Crippen LogP contribution in [0.15, 0.2) is 48.5 Å². The van der Waals surface area contributed by atoms with Gasteiger partial charge < -0.3 is 5.11 Å². The van der Waals surface area contributed by atoms with E-state index in [1.54, 1.807) is 6.07 Å². The third-order valence-corrected chi connectivity index (χ3v) is 4.56. The minimum atomic E-state index is -0.808. The Bertz CT molecular complexity index is 716. The number of hydrogen-bond acceptors (Lipinski definition) is 2. The van der Waals surface area contributed by atoms with E-state index in [0.717, 1.165) is 23.1 Å². The molecule has 0 radical (unpaired) electrons. The molecule has 1 heterocycles. The molecule has 1 N–H and O–H groups in total. The number of hydrogen-bond donors (Lipinski definition) is 1. The van der Waals surface area contributed by atoms with E-state index in [9.17, 15) is 14.3 Å². The molecular weight excluding hydrogens is 293 g/mol. The van der Waals surface area contributed by atoms with Crippen molar-refractivity contribution in [3.8, 4) is 0 Å². The second-order valence-corrected chi connectivity index (χ2v) is 6.05. The highest BCUT2D eigenvalue weighted by Gasteiger charge is 2.37. The maximum atomic E-state index is 13.8. The van der Waals surface area contributed by atoms with Gasteiger partial charge in [-0.15, -0.1) is 0 Å². The average molecular weight is 313 g/mol. The molecule has 3 rings (SSSR count). The monoisotopic (exact) mass is 313 g/mol. The lowest BCUT2D eigenvalue weighted by molar-refractivity contribution is -0.142. The number of likely N-dealkylation sites (tertiary alicyclic amines) is 1. The van der Waals surface area contributed by atoms with Crippen LogP contribution in [-0.2, 0) is 4.79 Å². The van der Waals surface area contributed by atoms with Gasteiger partial charge in [0.05, 0.1) is 6.04 Å². The first-order valence-electron chi connectivity index (χ1n) is 7.87. The summed E-state index contributed by atoms with van der Waals surface area (Å²) in [6, 6.07) is 13.6. The molecule has 1 fully saturated rings. The zero-order valence-electron chi connectivity index (χ0n) is 13.1. The minimum Gasteiger partial charge on any atom is -0.480 e. The average Bonchev–Trinajstić information content (AvgIpc) is 2.99. The number of rotatable bonds is 4. The minimum absolute atomic E-state index is 0.240. The number of benzene rings is 2. The van der Waals surface area contributed by atoms with E-state index < -0.39 is 12.0 Å². The summed E-state index contributed by atoms with van der Waals surface area (Å²) in [6.07, 6.45) is 1.47. The SMILES string of the molecule is Cc1ccccc1C(c1cccc(F)c1)N1CCCC1C(=O)O. The molecular formula is C19H20FNO2. The zero-order chi connectivity index (χ0) is 16.4. The fourth-order valence-corrected chi connectivity index (χ4v) is 3.48. The Hall–Kier alpha value is -2.20. The maximum Gasteiger partial charge on any atom is 0.320 e. The van der Waals surface area contributed by atoms with Crippen molar-refractivity contribution < 1.29 is 14.3 Å². The molecule has 2 aromatic rings. The van der Waals surface area contributed by atoms with E-state index in [1.807, 2.05) is 42.2 Å².